The third-order valence-electron chi connectivity index (χ3n) is 4.02. The van der Waals surface area contributed by atoms with E-state index in [4.69, 9.17) is 9.72 Å². The standard InChI is InChI=1S/C16H24N2OS/c1(2-10-19-15-8-11-20-12-15)5-14-7-6-13-4-3-9-17-16(13)18-14/h6-7,15H,1-5,8-12H2,(H,17,18)/t15-/m0/s1. The van der Waals surface area contributed by atoms with E-state index in [1.54, 1.807) is 0 Å². The Kier molecular flexibility index (Phi) is 5.20. The van der Waals surface area contributed by atoms with Crippen molar-refractivity contribution in [2.45, 2.75) is 44.6 Å². The molecule has 0 spiro atoms. The number of thioether (sulfide) groups is 1. The number of hydrogen-bond acceptors (Lipinski definition) is 4. The van der Waals surface area contributed by atoms with E-state index in [2.05, 4.69) is 17.4 Å². The van der Waals surface area contributed by atoms with Gasteiger partial charge in [-0.05, 0) is 55.9 Å². The number of anilines is 1. The molecule has 0 aliphatic carbocycles. The second-order valence-corrected chi connectivity index (χ2v) is 6.80. The van der Waals surface area contributed by atoms with Crippen LogP contribution in [0, 0.1) is 0 Å². The van der Waals surface area contributed by atoms with Crippen LogP contribution in [-0.2, 0) is 17.6 Å². The molecule has 0 unspecified atom stereocenters. The molecule has 1 N–H and O–H groups in total. The highest BCUT2D eigenvalue weighted by atomic mass is 32.2. The van der Waals surface area contributed by atoms with E-state index < -0.39 is 0 Å². The van der Waals surface area contributed by atoms with E-state index in [-0.39, 0.29) is 0 Å². The molecule has 1 fully saturated rings. The molecule has 2 aliphatic rings. The molecule has 1 saturated heterocycles. The number of aryl methyl sites for hydroxylation is 2. The van der Waals surface area contributed by atoms with Gasteiger partial charge in [-0.1, -0.05) is 6.07 Å². The van der Waals surface area contributed by atoms with Crippen molar-refractivity contribution < 1.29 is 4.74 Å². The second-order valence-electron chi connectivity index (χ2n) is 5.65. The molecule has 3 nitrogen and oxygen atoms in total. The van der Waals surface area contributed by atoms with Crippen LogP contribution in [0.2, 0.25) is 0 Å². The highest BCUT2D eigenvalue weighted by Gasteiger charge is 2.15. The van der Waals surface area contributed by atoms with E-state index in [0.29, 0.717) is 6.10 Å². The fraction of sp³-hybridized carbons (Fsp3) is 0.688. The van der Waals surface area contributed by atoms with Crippen LogP contribution < -0.4 is 5.32 Å². The summed E-state index contributed by atoms with van der Waals surface area (Å²) in [6, 6.07) is 4.44. The lowest BCUT2D eigenvalue weighted by Gasteiger charge is -2.17. The second kappa shape index (κ2) is 7.32. The highest BCUT2D eigenvalue weighted by Crippen LogP contribution is 2.21. The zero-order valence-corrected chi connectivity index (χ0v) is 12.9. The molecule has 3 rings (SSSR count). The number of nitrogens with one attached hydrogen (secondary N) is 1. The number of aromatic nitrogens is 1. The zero-order chi connectivity index (χ0) is 13.6. The summed E-state index contributed by atoms with van der Waals surface area (Å²) in [6.07, 6.45) is 7.54. The number of fused-ring (bicyclic) bond motifs is 1. The van der Waals surface area contributed by atoms with Gasteiger partial charge in [0.25, 0.3) is 0 Å². The normalized spacial score (nSPS) is 21.5. The molecule has 0 saturated carbocycles. The molecule has 3 heterocycles. The summed E-state index contributed by atoms with van der Waals surface area (Å²) < 4.78 is 5.88. The highest BCUT2D eigenvalue weighted by molar-refractivity contribution is 7.99. The number of ether oxygens (including phenoxy) is 1. The van der Waals surface area contributed by atoms with Gasteiger partial charge in [0.1, 0.15) is 5.82 Å². The Labute approximate surface area is 125 Å². The molecule has 1 atom stereocenters. The van der Waals surface area contributed by atoms with Crippen LogP contribution in [0.25, 0.3) is 0 Å². The Morgan fingerprint density at radius 1 is 1.35 bits per heavy atom. The van der Waals surface area contributed by atoms with Gasteiger partial charge in [-0.15, -0.1) is 0 Å². The van der Waals surface area contributed by atoms with Gasteiger partial charge in [0.15, 0.2) is 0 Å². The molecule has 20 heavy (non-hydrogen) atoms. The summed E-state index contributed by atoms with van der Waals surface area (Å²) >= 11 is 2.01. The Bertz CT molecular complexity index is 432. The van der Waals surface area contributed by atoms with Crippen molar-refractivity contribution in [2.75, 3.05) is 30.0 Å². The Morgan fingerprint density at radius 3 is 3.25 bits per heavy atom. The summed E-state index contributed by atoms with van der Waals surface area (Å²) in [5.74, 6) is 3.59. The van der Waals surface area contributed by atoms with Crippen molar-refractivity contribution in [3.05, 3.63) is 23.4 Å². The van der Waals surface area contributed by atoms with E-state index in [1.807, 2.05) is 11.8 Å². The number of unbranched alkanes of at least 4 members (excludes halogenated alkanes) is 1. The SMILES string of the molecule is c1cc2c(nc1CCCCO[C@H]1CCSC1)NCCC2. The molecular formula is C16H24N2OS. The number of hydrogen-bond donors (Lipinski definition) is 1. The van der Waals surface area contributed by atoms with Gasteiger partial charge in [0, 0.05) is 24.6 Å². The Balaban J connectivity index is 1.37. The van der Waals surface area contributed by atoms with Crippen molar-refractivity contribution in [1.29, 1.82) is 0 Å². The fourth-order valence-corrected chi connectivity index (χ4v) is 3.93. The lowest BCUT2D eigenvalue weighted by molar-refractivity contribution is 0.0686. The van der Waals surface area contributed by atoms with Gasteiger partial charge in [0.2, 0.25) is 0 Å². The first-order chi connectivity index (χ1) is 9.92. The van der Waals surface area contributed by atoms with Crippen LogP contribution in [0.5, 0.6) is 0 Å². The van der Waals surface area contributed by atoms with Crippen LogP contribution >= 0.6 is 11.8 Å². The third-order valence-corrected chi connectivity index (χ3v) is 5.15. The summed E-state index contributed by atoms with van der Waals surface area (Å²) in [4.78, 5) is 4.73. The smallest absolute Gasteiger partial charge is 0.129 e. The number of rotatable bonds is 6. The minimum atomic E-state index is 0.520. The first-order valence-electron chi connectivity index (χ1n) is 7.84. The van der Waals surface area contributed by atoms with Crippen LogP contribution in [0.4, 0.5) is 5.82 Å². The van der Waals surface area contributed by atoms with Crippen LogP contribution in [-0.4, -0.2) is 35.7 Å². The van der Waals surface area contributed by atoms with Gasteiger partial charge in [-0.25, -0.2) is 4.98 Å². The Hall–Kier alpha value is -0.740. The molecule has 4 heteroatoms. The van der Waals surface area contributed by atoms with Gasteiger partial charge < -0.3 is 10.1 Å². The average molecular weight is 292 g/mol. The lowest BCUT2D eigenvalue weighted by atomic mass is 10.1. The Morgan fingerprint density at radius 2 is 2.35 bits per heavy atom. The van der Waals surface area contributed by atoms with Crippen molar-refractivity contribution >= 4 is 17.6 Å². The first kappa shape index (κ1) is 14.2. The average Bonchev–Trinajstić information content (AvgIpc) is 3.00. The first-order valence-corrected chi connectivity index (χ1v) is 8.99. The summed E-state index contributed by atoms with van der Waals surface area (Å²) in [7, 11) is 0. The third kappa shape index (κ3) is 3.89. The van der Waals surface area contributed by atoms with E-state index >= 15 is 0 Å². The number of nitrogens with zero attached hydrogens (tertiary/aromatic N) is 1. The molecule has 0 amide bonds. The maximum atomic E-state index is 5.88. The monoisotopic (exact) mass is 292 g/mol. The van der Waals surface area contributed by atoms with E-state index in [9.17, 15) is 0 Å². The molecule has 0 radical (unpaired) electrons. The van der Waals surface area contributed by atoms with Gasteiger partial charge in [-0.2, -0.15) is 11.8 Å². The zero-order valence-electron chi connectivity index (χ0n) is 12.1. The molecule has 110 valence electrons. The quantitative estimate of drug-likeness (QED) is 0.816. The summed E-state index contributed by atoms with van der Waals surface area (Å²) in [5.41, 5.74) is 2.59. The molecule has 1 aromatic heterocycles. The topological polar surface area (TPSA) is 34.1 Å². The van der Waals surface area contributed by atoms with Crippen LogP contribution in [0.3, 0.4) is 0 Å². The van der Waals surface area contributed by atoms with Crippen molar-refractivity contribution in [3.63, 3.8) is 0 Å². The van der Waals surface area contributed by atoms with Gasteiger partial charge >= 0.3 is 0 Å². The lowest BCUT2D eigenvalue weighted by Crippen LogP contribution is -2.14. The maximum absolute atomic E-state index is 5.88. The minimum Gasteiger partial charge on any atom is -0.377 e. The summed E-state index contributed by atoms with van der Waals surface area (Å²) in [5, 5.41) is 3.40. The molecule has 2 aliphatic heterocycles. The maximum Gasteiger partial charge on any atom is 0.129 e. The fourth-order valence-electron chi connectivity index (χ4n) is 2.81. The van der Waals surface area contributed by atoms with Gasteiger partial charge in [0.05, 0.1) is 6.10 Å². The largest absolute Gasteiger partial charge is 0.377 e. The molecule has 0 aromatic carbocycles. The van der Waals surface area contributed by atoms with Gasteiger partial charge in [-0.3, -0.25) is 0 Å². The predicted octanol–water partition coefficient (Wildman–Crippen LogP) is 3.28. The van der Waals surface area contributed by atoms with E-state index in [0.717, 1.165) is 31.8 Å². The van der Waals surface area contributed by atoms with Crippen molar-refractivity contribution in [2.24, 2.45) is 0 Å². The molecule has 0 bridgehead atoms. The number of pyridine rings is 1. The van der Waals surface area contributed by atoms with E-state index in [1.165, 1.54) is 48.4 Å². The van der Waals surface area contributed by atoms with Crippen LogP contribution in [0.1, 0.15) is 36.9 Å². The van der Waals surface area contributed by atoms with Crippen molar-refractivity contribution in [3.8, 4) is 0 Å². The predicted molar refractivity (Wildman–Crippen MR) is 85.7 cm³/mol. The van der Waals surface area contributed by atoms with Crippen LogP contribution in [0.15, 0.2) is 12.1 Å². The molecular weight excluding hydrogens is 268 g/mol. The molecule has 1 aromatic rings. The summed E-state index contributed by atoms with van der Waals surface area (Å²) in [6.45, 7) is 1.98. The van der Waals surface area contributed by atoms with Crippen molar-refractivity contribution in [1.82, 2.24) is 4.98 Å². The minimum absolute atomic E-state index is 0.520.